The van der Waals surface area contributed by atoms with Crippen LogP contribution in [0.2, 0.25) is 0 Å². The van der Waals surface area contributed by atoms with Crippen molar-refractivity contribution in [3.8, 4) is 22.9 Å². The summed E-state index contributed by atoms with van der Waals surface area (Å²) in [6.07, 6.45) is 1.77. The second kappa shape index (κ2) is 11.7. The van der Waals surface area contributed by atoms with E-state index < -0.39 is 0 Å². The van der Waals surface area contributed by atoms with Crippen LogP contribution in [0.5, 0.6) is 11.6 Å². The minimum atomic E-state index is -0.368. The lowest BCUT2D eigenvalue weighted by Gasteiger charge is -2.40. The van der Waals surface area contributed by atoms with Gasteiger partial charge in [-0.15, -0.1) is 10.2 Å². The van der Waals surface area contributed by atoms with Crippen molar-refractivity contribution in [2.75, 3.05) is 33.9 Å². The molecule has 1 amide bonds. The highest BCUT2D eigenvalue weighted by atomic mass is 16.5. The van der Waals surface area contributed by atoms with E-state index in [9.17, 15) is 4.79 Å². The Morgan fingerprint density at radius 1 is 1.02 bits per heavy atom. The summed E-state index contributed by atoms with van der Waals surface area (Å²) in [5.74, 6) is 3.63. The second-order valence-electron chi connectivity index (χ2n) is 11.1. The molecule has 2 aromatic carbocycles. The fourth-order valence-electron chi connectivity index (χ4n) is 5.97. The molecule has 5 heterocycles. The number of aryl methyl sites for hydroxylation is 2. The fourth-order valence-corrected chi connectivity index (χ4v) is 5.97. The lowest BCUT2D eigenvalue weighted by Crippen LogP contribution is -2.51. The number of H-pyrrole nitrogens is 1. The van der Waals surface area contributed by atoms with Crippen molar-refractivity contribution in [3.05, 3.63) is 78.2 Å². The number of benzene rings is 2. The molecule has 13 nitrogen and oxygen atoms in total. The molecule has 13 heteroatoms. The molecule has 0 bridgehead atoms. The number of hydrogen-bond donors (Lipinski definition) is 1. The Morgan fingerprint density at radius 2 is 1.89 bits per heavy atom. The van der Waals surface area contributed by atoms with Crippen LogP contribution in [0.3, 0.4) is 0 Å². The minimum absolute atomic E-state index is 0.0404. The van der Waals surface area contributed by atoms with Crippen LogP contribution in [0.4, 0.5) is 0 Å². The van der Waals surface area contributed by atoms with Gasteiger partial charge in [0.2, 0.25) is 23.6 Å². The number of aromatic amines is 1. The van der Waals surface area contributed by atoms with Crippen LogP contribution in [0, 0.1) is 13.8 Å². The average Bonchev–Trinajstić information content (AvgIpc) is 3.79. The van der Waals surface area contributed by atoms with Gasteiger partial charge in [0.1, 0.15) is 30.0 Å². The number of ether oxygens (including phenoxy) is 2. The Bertz CT molecular complexity index is 2010. The first kappa shape index (κ1) is 28.5. The van der Waals surface area contributed by atoms with Crippen molar-refractivity contribution >= 4 is 27.8 Å². The average molecular weight is 608 g/mol. The van der Waals surface area contributed by atoms with E-state index in [4.69, 9.17) is 23.9 Å². The van der Waals surface area contributed by atoms with E-state index in [1.54, 1.807) is 27.3 Å². The smallest absolute Gasteiger partial charge is 0.243 e. The molecule has 0 aliphatic carbocycles. The Kier molecular flexibility index (Phi) is 7.37. The molecule has 1 atom stereocenters. The van der Waals surface area contributed by atoms with Crippen LogP contribution in [-0.4, -0.2) is 84.3 Å². The number of carbonyl (C=O) groups is 1. The van der Waals surface area contributed by atoms with Gasteiger partial charge in [-0.25, -0.2) is 15.0 Å². The maximum atomic E-state index is 14.1. The molecule has 230 valence electrons. The highest BCUT2D eigenvalue weighted by Crippen LogP contribution is 2.33. The van der Waals surface area contributed by atoms with Gasteiger partial charge in [-0.1, -0.05) is 18.2 Å². The van der Waals surface area contributed by atoms with Gasteiger partial charge < -0.3 is 28.3 Å². The predicted octanol–water partition coefficient (Wildman–Crippen LogP) is 4.08. The van der Waals surface area contributed by atoms with Crippen LogP contribution in [0.1, 0.15) is 29.5 Å². The van der Waals surface area contributed by atoms with Gasteiger partial charge in [0.05, 0.1) is 54.8 Å². The number of nitrogens with one attached hydrogen (secondary N) is 1. The largest absolute Gasteiger partial charge is 0.497 e. The lowest BCUT2D eigenvalue weighted by molar-refractivity contribution is -0.137. The van der Waals surface area contributed by atoms with Crippen molar-refractivity contribution in [3.63, 3.8) is 0 Å². The number of nitrogens with zero attached hydrogens (tertiary/aromatic N) is 8. The number of rotatable bonds is 8. The van der Waals surface area contributed by atoms with Gasteiger partial charge in [0, 0.05) is 38.0 Å². The number of pyridine rings is 1. The van der Waals surface area contributed by atoms with Crippen molar-refractivity contribution in [2.45, 2.75) is 33.0 Å². The summed E-state index contributed by atoms with van der Waals surface area (Å²) in [5.41, 5.74) is 4.04. The predicted molar refractivity (Wildman–Crippen MR) is 166 cm³/mol. The summed E-state index contributed by atoms with van der Waals surface area (Å²) in [6.45, 7) is 5.93. The summed E-state index contributed by atoms with van der Waals surface area (Å²) in [7, 11) is 3.23. The molecule has 0 spiro atoms. The van der Waals surface area contributed by atoms with E-state index in [-0.39, 0.29) is 18.5 Å². The quantitative estimate of drug-likeness (QED) is 0.269. The highest BCUT2D eigenvalue weighted by molar-refractivity contribution is 5.85. The number of methoxy groups -OCH3 is 2. The van der Waals surface area contributed by atoms with Crippen LogP contribution < -0.4 is 9.47 Å². The van der Waals surface area contributed by atoms with E-state index >= 15 is 0 Å². The van der Waals surface area contributed by atoms with Gasteiger partial charge in [-0.2, -0.15) is 0 Å². The molecule has 7 rings (SSSR count). The summed E-state index contributed by atoms with van der Waals surface area (Å²) >= 11 is 0. The molecule has 0 radical (unpaired) electrons. The Morgan fingerprint density at radius 3 is 2.69 bits per heavy atom. The Hall–Kier alpha value is -5.30. The molecular formula is C32H33N9O4. The van der Waals surface area contributed by atoms with E-state index in [2.05, 4.69) is 25.1 Å². The first-order valence-electron chi connectivity index (χ1n) is 14.7. The van der Waals surface area contributed by atoms with Gasteiger partial charge in [-0.3, -0.25) is 9.69 Å². The molecule has 1 aliphatic heterocycles. The number of carbonyl (C=O) groups excluding carboxylic acids is 1. The zero-order valence-corrected chi connectivity index (χ0v) is 25.5. The number of para-hydroxylation sites is 1. The number of imidazole rings is 2. The third kappa shape index (κ3) is 5.46. The molecule has 0 saturated carbocycles. The molecule has 45 heavy (non-hydrogen) atoms. The van der Waals surface area contributed by atoms with Crippen LogP contribution in [-0.2, 0) is 17.9 Å². The number of aromatic nitrogens is 7. The van der Waals surface area contributed by atoms with E-state index in [1.165, 1.54) is 0 Å². The van der Waals surface area contributed by atoms with Crippen molar-refractivity contribution in [1.29, 1.82) is 0 Å². The van der Waals surface area contributed by atoms with Gasteiger partial charge in [0.15, 0.2) is 0 Å². The maximum Gasteiger partial charge on any atom is 0.243 e. The zero-order chi connectivity index (χ0) is 31.1. The molecular weight excluding hydrogens is 574 g/mol. The van der Waals surface area contributed by atoms with Crippen LogP contribution in [0.15, 0.2) is 59.1 Å². The second-order valence-corrected chi connectivity index (χ2v) is 11.1. The topological polar surface area (TPSA) is 140 Å². The highest BCUT2D eigenvalue weighted by Gasteiger charge is 2.34. The lowest BCUT2D eigenvalue weighted by atomic mass is 10.1. The number of fused-ring (bicyclic) bond motifs is 2. The molecule has 0 unspecified atom stereocenters. The summed E-state index contributed by atoms with van der Waals surface area (Å²) in [6, 6.07) is 15.2. The van der Waals surface area contributed by atoms with Crippen molar-refractivity contribution in [2.24, 2.45) is 0 Å². The van der Waals surface area contributed by atoms with E-state index in [0.717, 1.165) is 39.0 Å². The van der Waals surface area contributed by atoms with Gasteiger partial charge >= 0.3 is 0 Å². The molecule has 1 fully saturated rings. The van der Waals surface area contributed by atoms with Crippen molar-refractivity contribution in [1.82, 2.24) is 44.5 Å². The van der Waals surface area contributed by atoms with Crippen LogP contribution >= 0.6 is 0 Å². The normalized spacial score (nSPS) is 15.6. The molecule has 1 saturated heterocycles. The van der Waals surface area contributed by atoms with E-state index in [1.807, 2.05) is 64.9 Å². The molecule has 6 aromatic rings. The maximum absolute atomic E-state index is 14.1. The summed E-state index contributed by atoms with van der Waals surface area (Å²) < 4.78 is 18.7. The number of amides is 1. The standard InChI is InChI=1S/C32H33N9O4/c1-19-34-25-10-9-22(43-3)14-27(25)41(19)18-30(42)40-12-11-39(17-29-38-37-20(2)45-29)16-28(40)31-33-15-26(35-31)23-13-21-7-5-6-8-24(21)36-32(23)44-4/h5-10,13-15,28H,11-12,16-18H2,1-4H3,(H,33,35)/t28-/m0/s1. The first-order valence-corrected chi connectivity index (χ1v) is 14.7. The zero-order valence-electron chi connectivity index (χ0n) is 25.5. The van der Waals surface area contributed by atoms with Crippen LogP contribution in [0.25, 0.3) is 33.2 Å². The third-order valence-electron chi connectivity index (χ3n) is 8.23. The third-order valence-corrected chi connectivity index (χ3v) is 8.23. The number of piperazine rings is 1. The van der Waals surface area contributed by atoms with Crippen molar-refractivity contribution < 1.29 is 18.7 Å². The molecule has 4 aromatic heterocycles. The summed E-state index contributed by atoms with van der Waals surface area (Å²) in [4.78, 5) is 35.8. The Balaban J connectivity index is 1.22. The van der Waals surface area contributed by atoms with Gasteiger partial charge in [-0.05, 0) is 31.2 Å². The number of hydrogen-bond acceptors (Lipinski definition) is 10. The fraction of sp³-hybridized carbons (Fsp3) is 0.312. The SMILES string of the molecule is COc1ccc2nc(C)n(CC(=O)N3CCN(Cc4nnc(C)o4)C[C@H]3c3ncc(-c4cc5ccccc5nc4OC)[nH]3)c2c1. The monoisotopic (exact) mass is 607 g/mol. The van der Waals surface area contributed by atoms with Gasteiger partial charge in [0.25, 0.3) is 0 Å². The molecule has 1 N–H and O–H groups in total. The van der Waals surface area contributed by atoms with E-state index in [0.29, 0.717) is 55.4 Å². The minimum Gasteiger partial charge on any atom is -0.497 e. The first-order chi connectivity index (χ1) is 21.9. The Labute approximate surface area is 258 Å². The summed E-state index contributed by atoms with van der Waals surface area (Å²) in [5, 5.41) is 9.14. The molecule has 1 aliphatic rings.